The Morgan fingerprint density at radius 3 is 2.36 bits per heavy atom. The Morgan fingerprint density at radius 1 is 0.880 bits per heavy atom. The molecule has 0 spiro atoms. The second kappa shape index (κ2) is 7.33. The van der Waals surface area contributed by atoms with Crippen molar-refractivity contribution >= 4 is 26.9 Å². The Kier molecular flexibility index (Phi) is 4.97. The highest BCUT2D eigenvalue weighted by atomic mass is 32.2. The summed E-state index contributed by atoms with van der Waals surface area (Å²) in [7, 11) is -3.93. The van der Waals surface area contributed by atoms with Crippen LogP contribution in [0.2, 0.25) is 0 Å². The normalized spacial score (nSPS) is 11.2. The molecule has 0 radical (unpaired) electrons. The first kappa shape index (κ1) is 16.9. The number of benzene rings is 3. The van der Waals surface area contributed by atoms with Gasteiger partial charge < -0.3 is 4.74 Å². The zero-order valence-electron chi connectivity index (χ0n) is 13.2. The molecule has 0 fully saturated rings. The summed E-state index contributed by atoms with van der Waals surface area (Å²) in [6.45, 7) is 0.0443. The van der Waals surface area contributed by atoms with E-state index in [1.165, 1.54) is 6.07 Å². The molecular weight excluding hydrogens is 340 g/mol. The zero-order chi connectivity index (χ0) is 17.7. The van der Waals surface area contributed by atoms with Gasteiger partial charge in [-0.15, -0.1) is 4.83 Å². The predicted molar refractivity (Wildman–Crippen MR) is 94.0 cm³/mol. The van der Waals surface area contributed by atoms with E-state index in [1.807, 2.05) is 36.4 Å². The van der Waals surface area contributed by atoms with Crippen LogP contribution in [-0.2, 0) is 21.4 Å². The lowest BCUT2D eigenvalue weighted by molar-refractivity contribution is 0.138. The molecule has 0 aliphatic carbocycles. The van der Waals surface area contributed by atoms with Gasteiger partial charge in [0, 0.05) is 5.39 Å². The van der Waals surface area contributed by atoms with Crippen molar-refractivity contribution in [3.05, 3.63) is 78.4 Å². The third kappa shape index (κ3) is 4.14. The molecule has 2 N–H and O–H groups in total. The van der Waals surface area contributed by atoms with E-state index in [4.69, 9.17) is 4.74 Å². The lowest BCUT2D eigenvalue weighted by atomic mass is 10.1. The standard InChI is InChI=1S/C18H16N2O4S/c21-18(24-13-14-7-2-1-3-8-14)19-20-25(22,23)17-12-6-10-15-9-4-5-11-16(15)17/h1-12,20H,13H2,(H,19,21). The Bertz CT molecular complexity index is 983. The van der Waals surface area contributed by atoms with Gasteiger partial charge in [-0.1, -0.05) is 66.7 Å². The van der Waals surface area contributed by atoms with Gasteiger partial charge in [-0.2, -0.15) is 0 Å². The fraction of sp³-hybridized carbons (Fsp3) is 0.0556. The van der Waals surface area contributed by atoms with E-state index in [2.05, 4.69) is 10.3 Å². The maximum Gasteiger partial charge on any atom is 0.422 e. The summed E-state index contributed by atoms with van der Waals surface area (Å²) < 4.78 is 29.9. The number of carbonyl (C=O) groups is 1. The average molecular weight is 356 g/mol. The number of nitrogens with one attached hydrogen (secondary N) is 2. The van der Waals surface area contributed by atoms with Gasteiger partial charge in [0.05, 0.1) is 4.90 Å². The van der Waals surface area contributed by atoms with Crippen molar-refractivity contribution in [2.45, 2.75) is 11.5 Å². The van der Waals surface area contributed by atoms with Gasteiger partial charge >= 0.3 is 6.09 Å². The molecule has 7 heteroatoms. The number of rotatable bonds is 5. The highest BCUT2D eigenvalue weighted by molar-refractivity contribution is 7.89. The monoisotopic (exact) mass is 356 g/mol. The van der Waals surface area contributed by atoms with Crippen LogP contribution in [0.15, 0.2) is 77.7 Å². The minimum atomic E-state index is -3.93. The van der Waals surface area contributed by atoms with Gasteiger partial charge in [0.15, 0.2) is 0 Å². The van der Waals surface area contributed by atoms with Crippen LogP contribution >= 0.6 is 0 Å². The molecule has 0 aliphatic rings. The molecule has 0 saturated heterocycles. The number of fused-ring (bicyclic) bond motifs is 1. The fourth-order valence-corrected chi connectivity index (χ4v) is 3.41. The van der Waals surface area contributed by atoms with Crippen LogP contribution in [-0.4, -0.2) is 14.5 Å². The molecule has 0 atom stereocenters. The molecule has 0 heterocycles. The van der Waals surface area contributed by atoms with Crippen molar-refractivity contribution in [2.24, 2.45) is 0 Å². The summed E-state index contributed by atoms with van der Waals surface area (Å²) in [6, 6.07) is 21.1. The van der Waals surface area contributed by atoms with E-state index in [0.29, 0.717) is 5.39 Å². The van der Waals surface area contributed by atoms with Crippen molar-refractivity contribution in [3.8, 4) is 0 Å². The zero-order valence-corrected chi connectivity index (χ0v) is 14.0. The van der Waals surface area contributed by atoms with E-state index in [1.54, 1.807) is 30.3 Å². The molecule has 0 saturated carbocycles. The van der Waals surface area contributed by atoms with Crippen molar-refractivity contribution in [1.29, 1.82) is 0 Å². The summed E-state index contributed by atoms with van der Waals surface area (Å²) >= 11 is 0. The largest absolute Gasteiger partial charge is 0.444 e. The molecule has 0 aromatic heterocycles. The molecule has 1 amide bonds. The number of hydrogen-bond acceptors (Lipinski definition) is 4. The van der Waals surface area contributed by atoms with Crippen LogP contribution in [0.1, 0.15) is 5.56 Å². The average Bonchev–Trinajstić information content (AvgIpc) is 2.65. The van der Waals surface area contributed by atoms with E-state index < -0.39 is 16.1 Å². The number of ether oxygens (including phenoxy) is 1. The van der Waals surface area contributed by atoms with Crippen molar-refractivity contribution in [3.63, 3.8) is 0 Å². The molecule has 0 bridgehead atoms. The Hall–Kier alpha value is -2.90. The lowest BCUT2D eigenvalue weighted by Gasteiger charge is -2.11. The molecular formula is C18H16N2O4S. The second-order valence-electron chi connectivity index (χ2n) is 5.27. The Labute approximate surface area is 145 Å². The summed E-state index contributed by atoms with van der Waals surface area (Å²) in [5.74, 6) is 0. The predicted octanol–water partition coefficient (Wildman–Crippen LogP) is 2.96. The maximum absolute atomic E-state index is 12.4. The van der Waals surface area contributed by atoms with Gasteiger partial charge in [-0.25, -0.2) is 18.6 Å². The summed E-state index contributed by atoms with van der Waals surface area (Å²) in [5.41, 5.74) is 2.86. The molecule has 128 valence electrons. The van der Waals surface area contributed by atoms with Gasteiger partial charge in [-0.05, 0) is 17.0 Å². The van der Waals surface area contributed by atoms with Crippen LogP contribution in [0.5, 0.6) is 0 Å². The van der Waals surface area contributed by atoms with E-state index >= 15 is 0 Å². The fourth-order valence-electron chi connectivity index (χ4n) is 2.35. The van der Waals surface area contributed by atoms with Gasteiger partial charge in [-0.3, -0.25) is 0 Å². The quantitative estimate of drug-likeness (QED) is 0.689. The van der Waals surface area contributed by atoms with Gasteiger partial charge in [0.25, 0.3) is 10.0 Å². The first-order chi connectivity index (χ1) is 12.1. The first-order valence-electron chi connectivity index (χ1n) is 7.52. The summed E-state index contributed by atoms with van der Waals surface area (Å²) in [6.07, 6.45) is -0.882. The molecule has 0 unspecified atom stereocenters. The van der Waals surface area contributed by atoms with Gasteiger partial charge in [0.1, 0.15) is 6.61 Å². The number of sulfonamides is 1. The molecule has 3 aromatic carbocycles. The topological polar surface area (TPSA) is 84.5 Å². The van der Waals surface area contributed by atoms with E-state index in [0.717, 1.165) is 10.9 Å². The molecule has 3 aromatic rings. The SMILES string of the molecule is O=C(NNS(=O)(=O)c1cccc2ccccc12)OCc1ccccc1. The van der Waals surface area contributed by atoms with Crippen LogP contribution in [0.3, 0.4) is 0 Å². The maximum atomic E-state index is 12.4. The van der Waals surface area contributed by atoms with Crippen LogP contribution < -0.4 is 10.3 Å². The minimum Gasteiger partial charge on any atom is -0.444 e. The van der Waals surface area contributed by atoms with Crippen molar-refractivity contribution < 1.29 is 17.9 Å². The Morgan fingerprint density at radius 2 is 1.56 bits per heavy atom. The second-order valence-corrected chi connectivity index (χ2v) is 6.92. The third-order valence-corrected chi connectivity index (χ3v) is 4.85. The highest BCUT2D eigenvalue weighted by Gasteiger charge is 2.18. The first-order valence-corrected chi connectivity index (χ1v) is 9.01. The van der Waals surface area contributed by atoms with Crippen molar-refractivity contribution in [2.75, 3.05) is 0 Å². The number of hydrazine groups is 1. The molecule has 6 nitrogen and oxygen atoms in total. The smallest absolute Gasteiger partial charge is 0.422 e. The summed E-state index contributed by atoms with van der Waals surface area (Å²) in [5, 5.41) is 1.36. The van der Waals surface area contributed by atoms with Crippen LogP contribution in [0, 0.1) is 0 Å². The van der Waals surface area contributed by atoms with Crippen LogP contribution in [0.25, 0.3) is 10.8 Å². The van der Waals surface area contributed by atoms with Crippen LogP contribution in [0.4, 0.5) is 4.79 Å². The molecule has 3 rings (SSSR count). The molecule has 0 aliphatic heterocycles. The highest BCUT2D eigenvalue weighted by Crippen LogP contribution is 2.22. The number of carbonyl (C=O) groups excluding carboxylic acids is 1. The van der Waals surface area contributed by atoms with Gasteiger partial charge in [0.2, 0.25) is 0 Å². The number of amides is 1. The minimum absolute atomic E-state index is 0.0443. The van der Waals surface area contributed by atoms with Crippen molar-refractivity contribution in [1.82, 2.24) is 10.3 Å². The van der Waals surface area contributed by atoms with E-state index in [9.17, 15) is 13.2 Å². The Balaban J connectivity index is 1.66. The summed E-state index contributed by atoms with van der Waals surface area (Å²) in [4.78, 5) is 13.8. The molecule has 25 heavy (non-hydrogen) atoms. The van der Waals surface area contributed by atoms with E-state index in [-0.39, 0.29) is 11.5 Å². The third-order valence-electron chi connectivity index (χ3n) is 3.54. The number of hydrogen-bond donors (Lipinski definition) is 2. The lowest BCUT2D eigenvalue weighted by Crippen LogP contribution is -2.41.